The van der Waals surface area contributed by atoms with E-state index in [1.54, 1.807) is 11.3 Å². The molecular formula is C29H38Cl3N3O4S. The van der Waals surface area contributed by atoms with Crippen molar-refractivity contribution in [3.63, 3.8) is 0 Å². The lowest BCUT2D eigenvalue weighted by Crippen LogP contribution is -2.33. The Balaban J connectivity index is 0.00000187. The maximum atomic E-state index is 11.8. The minimum absolute atomic E-state index is 0. The van der Waals surface area contributed by atoms with Gasteiger partial charge in [-0.05, 0) is 52.6 Å². The van der Waals surface area contributed by atoms with Crippen LogP contribution >= 0.6 is 48.6 Å². The van der Waals surface area contributed by atoms with E-state index >= 15 is 0 Å². The molecule has 2 heterocycles. The number of halogens is 3. The molecule has 2 aliphatic rings. The molecule has 1 saturated carbocycles. The number of ether oxygens (including phenoxy) is 2. The van der Waals surface area contributed by atoms with E-state index in [4.69, 9.17) is 9.47 Å². The lowest BCUT2D eigenvalue weighted by Gasteiger charge is -2.20. The fourth-order valence-electron chi connectivity index (χ4n) is 5.06. The van der Waals surface area contributed by atoms with Gasteiger partial charge in [-0.1, -0.05) is 45.0 Å². The maximum Gasteiger partial charge on any atom is 0.345 e. The Morgan fingerprint density at radius 1 is 1.05 bits per heavy atom. The fraction of sp³-hybridized carbons (Fsp3) is 0.448. The van der Waals surface area contributed by atoms with E-state index in [0.717, 1.165) is 36.1 Å². The second kappa shape index (κ2) is 14.6. The lowest BCUT2D eigenvalue weighted by atomic mass is 9.87. The van der Waals surface area contributed by atoms with Crippen molar-refractivity contribution in [3.8, 4) is 11.5 Å². The average Bonchev–Trinajstić information content (AvgIpc) is 3.26. The summed E-state index contributed by atoms with van der Waals surface area (Å²) in [5, 5.41) is 16.5. The second-order valence-corrected chi connectivity index (χ2v) is 11.8. The first-order valence-corrected chi connectivity index (χ1v) is 13.8. The number of fused-ring (bicyclic) bond motifs is 1. The van der Waals surface area contributed by atoms with Crippen LogP contribution in [0.3, 0.4) is 0 Å². The summed E-state index contributed by atoms with van der Waals surface area (Å²) in [4.78, 5) is 18.6. The Labute approximate surface area is 258 Å². The highest BCUT2D eigenvalue weighted by Crippen LogP contribution is 2.46. The van der Waals surface area contributed by atoms with Crippen molar-refractivity contribution in [3.05, 3.63) is 71.2 Å². The number of carboxylic acid groups (broad SMARTS) is 1. The number of piperidine rings is 1. The molecule has 4 atom stereocenters. The van der Waals surface area contributed by atoms with Crippen LogP contribution in [0.2, 0.25) is 0 Å². The van der Waals surface area contributed by atoms with E-state index in [2.05, 4.69) is 36.0 Å². The van der Waals surface area contributed by atoms with E-state index in [0.29, 0.717) is 30.2 Å². The summed E-state index contributed by atoms with van der Waals surface area (Å²) in [6.45, 7) is 9.99. The topological polar surface area (TPSA) is 83.9 Å². The molecule has 40 heavy (non-hydrogen) atoms. The number of aliphatic carboxylic acids is 1. The monoisotopic (exact) mass is 629 g/mol. The van der Waals surface area contributed by atoms with E-state index < -0.39 is 12.1 Å². The fourth-order valence-corrected chi connectivity index (χ4v) is 5.73. The summed E-state index contributed by atoms with van der Waals surface area (Å²) < 4.78 is 11.7. The molecule has 0 spiro atoms. The largest absolute Gasteiger partial charge is 0.492 e. The van der Waals surface area contributed by atoms with Crippen LogP contribution < -0.4 is 19.7 Å². The molecule has 2 fully saturated rings. The van der Waals surface area contributed by atoms with Crippen molar-refractivity contribution in [2.24, 2.45) is 11.8 Å². The Kier molecular flexibility index (Phi) is 12.4. The standard InChI is InChI=1S/C29H35N3O4S.3ClH/c1-29(2,3)20-6-10-22(11-7-20)36-25(27(33)34)16-19-4-8-21(9-5-19)35-14-12-30-26-23-17-32(18-24(23)26)28-31-13-15-37-28;;;/h4-11,13,15,23-26,30H,12,14,16-18H2,1-3H3,(H,33,34);3*1H/t23-,24?,25-,26?;;;/m0.../s1. The third-order valence-corrected chi connectivity index (χ3v) is 8.09. The Morgan fingerprint density at radius 3 is 2.23 bits per heavy atom. The molecule has 5 rings (SSSR count). The normalized spacial score (nSPS) is 19.8. The average molecular weight is 631 g/mol. The summed E-state index contributed by atoms with van der Waals surface area (Å²) >= 11 is 1.71. The number of nitrogens with one attached hydrogen (secondary N) is 1. The number of anilines is 1. The quantitative estimate of drug-likeness (QED) is 0.256. The van der Waals surface area contributed by atoms with Gasteiger partial charge >= 0.3 is 5.97 Å². The van der Waals surface area contributed by atoms with Crippen molar-refractivity contribution >= 4 is 59.7 Å². The highest BCUT2D eigenvalue weighted by Gasteiger charge is 2.55. The van der Waals surface area contributed by atoms with E-state index in [1.807, 2.05) is 60.1 Å². The van der Waals surface area contributed by atoms with Crippen LogP contribution in [0.15, 0.2) is 60.1 Å². The van der Waals surface area contributed by atoms with E-state index in [1.165, 1.54) is 5.56 Å². The number of aromatic nitrogens is 1. The van der Waals surface area contributed by atoms with Crippen LogP contribution in [0.5, 0.6) is 11.5 Å². The Bertz CT molecular complexity index is 1180. The third kappa shape index (κ3) is 8.40. The summed E-state index contributed by atoms with van der Waals surface area (Å²) in [5.41, 5.74) is 2.10. The summed E-state index contributed by atoms with van der Waals surface area (Å²) in [6, 6.07) is 15.8. The van der Waals surface area contributed by atoms with Crippen molar-refractivity contribution in [2.75, 3.05) is 31.1 Å². The molecular weight excluding hydrogens is 593 g/mol. The van der Waals surface area contributed by atoms with Crippen LogP contribution in [-0.2, 0) is 16.6 Å². The Hall–Kier alpha value is -2.23. The van der Waals surface area contributed by atoms with Gasteiger partial charge in [0, 0.05) is 43.7 Å². The predicted octanol–water partition coefficient (Wildman–Crippen LogP) is 5.88. The summed E-state index contributed by atoms with van der Waals surface area (Å²) in [6.07, 6.45) is 1.19. The van der Waals surface area contributed by atoms with Gasteiger partial charge in [0.1, 0.15) is 18.1 Å². The molecule has 1 saturated heterocycles. The molecule has 1 aliphatic heterocycles. The number of nitrogens with zero attached hydrogens (tertiary/aromatic N) is 2. The molecule has 0 radical (unpaired) electrons. The first-order valence-electron chi connectivity index (χ1n) is 12.9. The van der Waals surface area contributed by atoms with Crippen molar-refractivity contribution < 1.29 is 19.4 Å². The molecule has 0 bridgehead atoms. The van der Waals surface area contributed by atoms with Crippen LogP contribution in [-0.4, -0.2) is 54.4 Å². The lowest BCUT2D eigenvalue weighted by molar-refractivity contribution is -0.145. The molecule has 11 heteroatoms. The zero-order valence-corrected chi connectivity index (χ0v) is 26.1. The van der Waals surface area contributed by atoms with Crippen LogP contribution in [0.4, 0.5) is 5.13 Å². The molecule has 0 amide bonds. The number of carboxylic acids is 1. The Morgan fingerprint density at radius 2 is 1.68 bits per heavy atom. The summed E-state index contributed by atoms with van der Waals surface area (Å²) in [7, 11) is 0. The number of hydrogen-bond acceptors (Lipinski definition) is 7. The van der Waals surface area contributed by atoms with Gasteiger partial charge in [0.05, 0.1) is 0 Å². The molecule has 1 aromatic heterocycles. The second-order valence-electron chi connectivity index (χ2n) is 10.9. The molecule has 2 unspecified atom stereocenters. The van der Waals surface area contributed by atoms with Crippen molar-refractivity contribution in [2.45, 2.75) is 44.8 Å². The molecule has 220 valence electrons. The van der Waals surface area contributed by atoms with Crippen molar-refractivity contribution in [1.29, 1.82) is 0 Å². The van der Waals surface area contributed by atoms with Gasteiger partial charge in [0.15, 0.2) is 11.2 Å². The smallest absolute Gasteiger partial charge is 0.345 e. The molecule has 7 nitrogen and oxygen atoms in total. The highest BCUT2D eigenvalue weighted by atomic mass is 35.5. The van der Waals surface area contributed by atoms with Crippen LogP contribution in [0, 0.1) is 11.8 Å². The van der Waals surface area contributed by atoms with Crippen LogP contribution in [0.1, 0.15) is 31.9 Å². The zero-order valence-electron chi connectivity index (χ0n) is 22.8. The third-order valence-electron chi connectivity index (χ3n) is 7.25. The van der Waals surface area contributed by atoms with Crippen molar-refractivity contribution in [1.82, 2.24) is 10.3 Å². The first kappa shape index (κ1) is 34.0. The van der Waals surface area contributed by atoms with Gasteiger partial charge in [-0.3, -0.25) is 0 Å². The number of carbonyl (C=O) groups is 1. The maximum absolute atomic E-state index is 11.8. The van der Waals surface area contributed by atoms with E-state index in [-0.39, 0.29) is 49.1 Å². The van der Waals surface area contributed by atoms with Gasteiger partial charge in [-0.25, -0.2) is 9.78 Å². The molecule has 2 N–H and O–H groups in total. The molecule has 1 aliphatic carbocycles. The number of benzene rings is 2. The van der Waals surface area contributed by atoms with Gasteiger partial charge in [0.2, 0.25) is 0 Å². The zero-order chi connectivity index (χ0) is 26.0. The summed E-state index contributed by atoms with van der Waals surface area (Å²) in [5.74, 6) is 1.78. The number of rotatable bonds is 11. The van der Waals surface area contributed by atoms with Gasteiger partial charge in [-0.15, -0.1) is 48.6 Å². The highest BCUT2D eigenvalue weighted by molar-refractivity contribution is 7.13. The number of thiazole rings is 1. The van der Waals surface area contributed by atoms with Gasteiger partial charge in [0.25, 0.3) is 0 Å². The minimum atomic E-state index is -0.981. The SMILES string of the molecule is CC(C)(C)c1ccc(O[C@@H](Cc2ccc(OCCNC3C4CN(c5nccs5)C[C@@H]43)cc2)C(=O)O)cc1.Cl.Cl.Cl. The van der Waals surface area contributed by atoms with Gasteiger partial charge in [-0.2, -0.15) is 0 Å². The molecule has 3 aromatic rings. The minimum Gasteiger partial charge on any atom is -0.492 e. The first-order chi connectivity index (χ1) is 17.8. The van der Waals surface area contributed by atoms with Crippen LogP contribution in [0.25, 0.3) is 0 Å². The number of hydrogen-bond donors (Lipinski definition) is 2. The predicted molar refractivity (Wildman–Crippen MR) is 168 cm³/mol. The molecule has 2 aromatic carbocycles. The van der Waals surface area contributed by atoms with E-state index in [9.17, 15) is 9.90 Å². The van der Waals surface area contributed by atoms with Gasteiger partial charge < -0.3 is 24.8 Å².